The third-order valence-corrected chi connectivity index (χ3v) is 3.62. The number of nitrogens with one attached hydrogen (secondary N) is 1. The second-order valence-electron chi connectivity index (χ2n) is 4.92. The molecule has 92 valence electrons. The van der Waals surface area contributed by atoms with Crippen molar-refractivity contribution in [3.63, 3.8) is 0 Å². The number of rotatable bonds is 2. The van der Waals surface area contributed by atoms with Crippen LogP contribution in [-0.4, -0.2) is 30.7 Å². The van der Waals surface area contributed by atoms with Crippen molar-refractivity contribution in [2.75, 3.05) is 6.61 Å². The van der Waals surface area contributed by atoms with E-state index in [1.165, 1.54) is 19.3 Å². The molecule has 2 fully saturated rings. The molecule has 1 amide bonds. The van der Waals surface area contributed by atoms with Gasteiger partial charge in [-0.1, -0.05) is 19.3 Å². The quantitative estimate of drug-likeness (QED) is 0.689. The number of carbonyl (C=O) groups is 1. The Morgan fingerprint density at radius 1 is 1.12 bits per heavy atom. The van der Waals surface area contributed by atoms with Gasteiger partial charge in [-0.3, -0.25) is 4.79 Å². The van der Waals surface area contributed by atoms with Crippen molar-refractivity contribution in [3.05, 3.63) is 0 Å². The van der Waals surface area contributed by atoms with Crippen molar-refractivity contribution in [1.29, 1.82) is 0 Å². The normalized spacial score (nSPS) is 35.7. The zero-order valence-corrected chi connectivity index (χ0v) is 9.78. The molecule has 3 unspecified atom stereocenters. The highest BCUT2D eigenvalue weighted by atomic mass is 16.5. The van der Waals surface area contributed by atoms with Crippen LogP contribution < -0.4 is 11.1 Å². The summed E-state index contributed by atoms with van der Waals surface area (Å²) < 4.78 is 5.37. The topological polar surface area (TPSA) is 64.3 Å². The molecule has 3 N–H and O–H groups in total. The molecule has 4 nitrogen and oxygen atoms in total. The molecule has 4 heteroatoms. The summed E-state index contributed by atoms with van der Waals surface area (Å²) in [6, 6.07) is 0.270. The van der Waals surface area contributed by atoms with Gasteiger partial charge in [0.25, 0.3) is 0 Å². The molecule has 1 heterocycles. The second-order valence-corrected chi connectivity index (χ2v) is 4.92. The summed E-state index contributed by atoms with van der Waals surface area (Å²) in [5.74, 6) is 0.0415. The van der Waals surface area contributed by atoms with Gasteiger partial charge < -0.3 is 15.8 Å². The van der Waals surface area contributed by atoms with Gasteiger partial charge in [-0.25, -0.2) is 0 Å². The number of hydrogen-bond donors (Lipinski definition) is 2. The van der Waals surface area contributed by atoms with Crippen LogP contribution in [0.4, 0.5) is 0 Å². The Bertz CT molecular complexity index is 239. The summed E-state index contributed by atoms with van der Waals surface area (Å²) in [4.78, 5) is 11.9. The van der Waals surface area contributed by atoms with Crippen molar-refractivity contribution in [3.8, 4) is 0 Å². The lowest BCUT2D eigenvalue weighted by atomic mass is 10.0. The molecule has 1 aliphatic carbocycles. The summed E-state index contributed by atoms with van der Waals surface area (Å²) >= 11 is 0. The second kappa shape index (κ2) is 5.64. The van der Waals surface area contributed by atoms with Gasteiger partial charge in [-0.2, -0.15) is 0 Å². The molecular formula is C12H22N2O2. The fourth-order valence-electron chi connectivity index (χ4n) is 2.58. The third kappa shape index (κ3) is 2.95. The highest BCUT2D eigenvalue weighted by molar-refractivity contribution is 5.81. The van der Waals surface area contributed by atoms with Gasteiger partial charge in [0.1, 0.15) is 6.10 Å². The molecule has 3 atom stereocenters. The van der Waals surface area contributed by atoms with Crippen LogP contribution >= 0.6 is 0 Å². The van der Waals surface area contributed by atoms with E-state index >= 15 is 0 Å². The number of nitrogens with two attached hydrogens (primary N) is 1. The molecule has 16 heavy (non-hydrogen) atoms. The molecule has 0 radical (unpaired) electrons. The average Bonchev–Trinajstić information content (AvgIpc) is 2.73. The Balaban J connectivity index is 1.84. The van der Waals surface area contributed by atoms with E-state index in [0.717, 1.165) is 32.3 Å². The van der Waals surface area contributed by atoms with Crippen LogP contribution in [0.3, 0.4) is 0 Å². The van der Waals surface area contributed by atoms with Gasteiger partial charge in [0, 0.05) is 18.7 Å². The maximum atomic E-state index is 11.9. The molecule has 0 aromatic rings. The van der Waals surface area contributed by atoms with Crippen LogP contribution in [-0.2, 0) is 9.53 Å². The van der Waals surface area contributed by atoms with Gasteiger partial charge in [-0.15, -0.1) is 0 Å². The average molecular weight is 226 g/mol. The molecule has 2 rings (SSSR count). The van der Waals surface area contributed by atoms with Crippen LogP contribution in [0.1, 0.15) is 44.9 Å². The predicted molar refractivity (Wildman–Crippen MR) is 62.0 cm³/mol. The minimum atomic E-state index is -0.226. The van der Waals surface area contributed by atoms with E-state index in [-0.39, 0.29) is 24.1 Å². The maximum absolute atomic E-state index is 11.9. The first-order chi connectivity index (χ1) is 7.77. The van der Waals surface area contributed by atoms with Crippen molar-refractivity contribution in [2.24, 2.45) is 5.73 Å². The van der Waals surface area contributed by atoms with Crippen molar-refractivity contribution in [1.82, 2.24) is 5.32 Å². The maximum Gasteiger partial charge on any atom is 0.249 e. The van der Waals surface area contributed by atoms with E-state index in [9.17, 15) is 4.79 Å². The van der Waals surface area contributed by atoms with Gasteiger partial charge >= 0.3 is 0 Å². The van der Waals surface area contributed by atoms with Crippen LogP contribution in [0.15, 0.2) is 0 Å². The summed E-state index contributed by atoms with van der Waals surface area (Å²) in [7, 11) is 0. The van der Waals surface area contributed by atoms with Gasteiger partial charge in [-0.05, 0) is 25.7 Å². The fourth-order valence-corrected chi connectivity index (χ4v) is 2.58. The van der Waals surface area contributed by atoms with E-state index in [1.54, 1.807) is 0 Å². The van der Waals surface area contributed by atoms with E-state index in [2.05, 4.69) is 5.32 Å². The van der Waals surface area contributed by atoms with E-state index < -0.39 is 0 Å². The molecule has 1 aliphatic heterocycles. The first-order valence-corrected chi connectivity index (χ1v) is 6.45. The molecular weight excluding hydrogens is 204 g/mol. The van der Waals surface area contributed by atoms with Gasteiger partial charge in [0.05, 0.1) is 0 Å². The SMILES string of the molecule is NC1CCCCCC1NC(=O)C1CCCO1. The van der Waals surface area contributed by atoms with E-state index in [0.29, 0.717) is 0 Å². The van der Waals surface area contributed by atoms with Crippen molar-refractivity contribution >= 4 is 5.91 Å². The largest absolute Gasteiger partial charge is 0.368 e. The Kier molecular flexibility index (Phi) is 4.18. The summed E-state index contributed by atoms with van der Waals surface area (Å²) in [5.41, 5.74) is 6.07. The first kappa shape index (κ1) is 11.9. The summed E-state index contributed by atoms with van der Waals surface area (Å²) in [6.07, 6.45) is 7.26. The Morgan fingerprint density at radius 3 is 2.69 bits per heavy atom. The Morgan fingerprint density at radius 2 is 1.94 bits per heavy atom. The van der Waals surface area contributed by atoms with Crippen LogP contribution in [0.5, 0.6) is 0 Å². The van der Waals surface area contributed by atoms with E-state index in [4.69, 9.17) is 10.5 Å². The lowest BCUT2D eigenvalue weighted by Gasteiger charge is -2.24. The highest BCUT2D eigenvalue weighted by Gasteiger charge is 2.28. The van der Waals surface area contributed by atoms with Crippen molar-refractivity contribution in [2.45, 2.75) is 63.1 Å². The first-order valence-electron chi connectivity index (χ1n) is 6.45. The fraction of sp³-hybridized carbons (Fsp3) is 0.917. The monoisotopic (exact) mass is 226 g/mol. The molecule has 1 saturated carbocycles. The number of hydrogen-bond acceptors (Lipinski definition) is 3. The van der Waals surface area contributed by atoms with Crippen LogP contribution in [0.2, 0.25) is 0 Å². The van der Waals surface area contributed by atoms with Crippen molar-refractivity contribution < 1.29 is 9.53 Å². The number of carbonyl (C=O) groups excluding carboxylic acids is 1. The Labute approximate surface area is 96.9 Å². The van der Waals surface area contributed by atoms with Gasteiger partial charge in [0.15, 0.2) is 0 Å². The van der Waals surface area contributed by atoms with Crippen LogP contribution in [0, 0.1) is 0 Å². The van der Waals surface area contributed by atoms with E-state index in [1.807, 2.05) is 0 Å². The predicted octanol–water partition coefficient (Wildman–Crippen LogP) is 0.942. The highest BCUT2D eigenvalue weighted by Crippen LogP contribution is 2.18. The number of ether oxygens (including phenoxy) is 1. The molecule has 0 aromatic heterocycles. The minimum Gasteiger partial charge on any atom is -0.368 e. The molecule has 0 aromatic carbocycles. The lowest BCUT2D eigenvalue weighted by Crippen LogP contribution is -2.49. The molecule has 1 saturated heterocycles. The van der Waals surface area contributed by atoms with Crippen LogP contribution in [0.25, 0.3) is 0 Å². The standard InChI is InChI=1S/C12H22N2O2/c13-9-5-2-1-3-6-10(9)14-12(15)11-7-4-8-16-11/h9-11H,1-8,13H2,(H,14,15). The zero-order chi connectivity index (χ0) is 11.4. The zero-order valence-electron chi connectivity index (χ0n) is 9.78. The molecule has 0 bridgehead atoms. The Hall–Kier alpha value is -0.610. The lowest BCUT2D eigenvalue weighted by molar-refractivity contribution is -0.131. The summed E-state index contributed by atoms with van der Waals surface area (Å²) in [6.45, 7) is 0.717. The van der Waals surface area contributed by atoms with Gasteiger partial charge in [0.2, 0.25) is 5.91 Å². The molecule has 2 aliphatic rings. The smallest absolute Gasteiger partial charge is 0.249 e. The third-order valence-electron chi connectivity index (χ3n) is 3.62. The number of amides is 1. The molecule has 0 spiro atoms. The minimum absolute atomic E-state index is 0.0415. The summed E-state index contributed by atoms with van der Waals surface area (Å²) in [5, 5.41) is 3.06.